The van der Waals surface area contributed by atoms with Crippen LogP contribution >= 0.6 is 0 Å². The van der Waals surface area contributed by atoms with Crippen molar-refractivity contribution in [2.45, 2.75) is 32.9 Å². The molecule has 0 saturated carbocycles. The molecular weight excluding hydrogens is 210 g/mol. The van der Waals surface area contributed by atoms with Gasteiger partial charge in [-0.25, -0.2) is 0 Å². The molecule has 2 aromatic carbocycles. The van der Waals surface area contributed by atoms with E-state index in [1.807, 2.05) is 18.2 Å². The second kappa shape index (κ2) is 5.19. The predicted octanol–water partition coefficient (Wildman–Crippen LogP) is 3.43. The molecule has 2 rings (SSSR count). The summed E-state index contributed by atoms with van der Waals surface area (Å²) in [5.41, 5.74) is 0.989. The maximum Gasteiger partial charge on any atom is 0.120 e. The fourth-order valence-corrected chi connectivity index (χ4v) is 1.93. The van der Waals surface area contributed by atoms with Gasteiger partial charge in [0.25, 0.3) is 0 Å². The van der Waals surface area contributed by atoms with E-state index in [0.29, 0.717) is 18.3 Å². The third kappa shape index (κ3) is 2.59. The summed E-state index contributed by atoms with van der Waals surface area (Å²) in [7, 11) is 0. The molecule has 17 heavy (non-hydrogen) atoms. The monoisotopic (exact) mass is 229 g/mol. The molecule has 2 aromatic rings. The number of phenolic OH excluding ortho intramolecular Hbond substituents is 1. The first-order chi connectivity index (χ1) is 8.22. The van der Waals surface area contributed by atoms with Crippen LogP contribution in [0.3, 0.4) is 0 Å². The molecule has 2 heteroatoms. The van der Waals surface area contributed by atoms with E-state index in [1.54, 1.807) is 6.07 Å². The Hall–Kier alpha value is -1.54. The lowest BCUT2D eigenvalue weighted by molar-refractivity contribution is 0.459. The fourth-order valence-electron chi connectivity index (χ4n) is 1.93. The Balaban J connectivity index is 2.34. The number of rotatable bonds is 4. The van der Waals surface area contributed by atoms with Crippen LogP contribution in [-0.4, -0.2) is 11.1 Å². The van der Waals surface area contributed by atoms with E-state index >= 15 is 0 Å². The molecule has 0 saturated heterocycles. The van der Waals surface area contributed by atoms with E-state index in [2.05, 4.69) is 31.3 Å². The summed E-state index contributed by atoms with van der Waals surface area (Å²) >= 11 is 0. The van der Waals surface area contributed by atoms with Gasteiger partial charge < -0.3 is 10.4 Å². The number of aromatic hydroxyl groups is 1. The summed E-state index contributed by atoms with van der Waals surface area (Å²) in [6, 6.07) is 12.4. The largest absolute Gasteiger partial charge is 0.508 e. The van der Waals surface area contributed by atoms with Crippen LogP contribution in [0, 0.1) is 0 Å². The number of hydrogen-bond donors (Lipinski definition) is 2. The first-order valence-electron chi connectivity index (χ1n) is 6.15. The Kier molecular flexibility index (Phi) is 3.64. The predicted molar refractivity (Wildman–Crippen MR) is 72.2 cm³/mol. The Morgan fingerprint density at radius 1 is 1.18 bits per heavy atom. The molecule has 0 heterocycles. The molecule has 0 unspecified atom stereocenters. The summed E-state index contributed by atoms with van der Waals surface area (Å²) in [6.07, 6.45) is 1.09. The smallest absolute Gasteiger partial charge is 0.120 e. The van der Waals surface area contributed by atoms with Gasteiger partial charge in [-0.15, -0.1) is 0 Å². The average molecular weight is 229 g/mol. The Morgan fingerprint density at radius 2 is 1.94 bits per heavy atom. The van der Waals surface area contributed by atoms with Crippen molar-refractivity contribution in [1.82, 2.24) is 5.32 Å². The van der Waals surface area contributed by atoms with Crippen molar-refractivity contribution in [3.8, 4) is 5.75 Å². The summed E-state index contributed by atoms with van der Waals surface area (Å²) in [5.74, 6) is 0.375. The molecular formula is C15H19NO. The van der Waals surface area contributed by atoms with Gasteiger partial charge in [-0.3, -0.25) is 0 Å². The van der Waals surface area contributed by atoms with E-state index in [1.165, 1.54) is 5.39 Å². The zero-order valence-electron chi connectivity index (χ0n) is 10.4. The average Bonchev–Trinajstić information content (AvgIpc) is 2.37. The van der Waals surface area contributed by atoms with Crippen LogP contribution in [0.15, 0.2) is 36.4 Å². The van der Waals surface area contributed by atoms with Gasteiger partial charge in [0.05, 0.1) is 0 Å². The van der Waals surface area contributed by atoms with Gasteiger partial charge in [-0.05, 0) is 30.2 Å². The molecule has 2 N–H and O–H groups in total. The van der Waals surface area contributed by atoms with Crippen molar-refractivity contribution in [1.29, 1.82) is 0 Å². The van der Waals surface area contributed by atoms with E-state index in [0.717, 1.165) is 17.4 Å². The van der Waals surface area contributed by atoms with Gasteiger partial charge in [0.2, 0.25) is 0 Å². The SMILES string of the molecule is CC[C@H](C)NCc1c(O)ccc2ccccc12. The van der Waals surface area contributed by atoms with Crippen LogP contribution in [0.5, 0.6) is 5.75 Å². The highest BCUT2D eigenvalue weighted by Crippen LogP contribution is 2.26. The van der Waals surface area contributed by atoms with Crippen molar-refractivity contribution in [2.24, 2.45) is 0 Å². The van der Waals surface area contributed by atoms with Crippen LogP contribution < -0.4 is 5.32 Å². The highest BCUT2D eigenvalue weighted by Gasteiger charge is 2.07. The van der Waals surface area contributed by atoms with Gasteiger partial charge in [-0.1, -0.05) is 37.3 Å². The topological polar surface area (TPSA) is 32.3 Å². The van der Waals surface area contributed by atoms with Crippen LogP contribution in [0.25, 0.3) is 10.8 Å². The second-order valence-corrected chi connectivity index (χ2v) is 4.47. The number of fused-ring (bicyclic) bond motifs is 1. The number of nitrogens with one attached hydrogen (secondary N) is 1. The van der Waals surface area contributed by atoms with Gasteiger partial charge in [-0.2, -0.15) is 0 Å². The van der Waals surface area contributed by atoms with E-state index in [-0.39, 0.29) is 0 Å². The lowest BCUT2D eigenvalue weighted by Gasteiger charge is -2.14. The maximum atomic E-state index is 9.95. The third-order valence-corrected chi connectivity index (χ3v) is 3.26. The maximum absolute atomic E-state index is 9.95. The van der Waals surface area contributed by atoms with E-state index in [9.17, 15) is 5.11 Å². The molecule has 0 aliphatic heterocycles. The third-order valence-electron chi connectivity index (χ3n) is 3.26. The molecule has 90 valence electrons. The Morgan fingerprint density at radius 3 is 2.71 bits per heavy atom. The van der Waals surface area contributed by atoms with Crippen molar-refractivity contribution in [2.75, 3.05) is 0 Å². The van der Waals surface area contributed by atoms with Gasteiger partial charge in [0.15, 0.2) is 0 Å². The highest BCUT2D eigenvalue weighted by atomic mass is 16.3. The minimum absolute atomic E-state index is 0.375. The first-order valence-corrected chi connectivity index (χ1v) is 6.15. The van der Waals surface area contributed by atoms with Gasteiger partial charge in [0, 0.05) is 18.2 Å². The molecule has 0 radical (unpaired) electrons. The zero-order valence-corrected chi connectivity index (χ0v) is 10.4. The molecule has 0 spiro atoms. The summed E-state index contributed by atoms with van der Waals surface area (Å²) in [5, 5.41) is 15.7. The van der Waals surface area contributed by atoms with Crippen molar-refractivity contribution in [3.05, 3.63) is 42.0 Å². The molecule has 0 aliphatic carbocycles. The summed E-state index contributed by atoms with van der Waals surface area (Å²) in [4.78, 5) is 0. The Labute approximate surface area is 102 Å². The molecule has 0 amide bonds. The number of phenols is 1. The molecule has 1 atom stereocenters. The van der Waals surface area contributed by atoms with Crippen molar-refractivity contribution >= 4 is 10.8 Å². The standard InChI is InChI=1S/C15H19NO/c1-3-11(2)16-10-14-13-7-5-4-6-12(13)8-9-15(14)17/h4-9,11,16-17H,3,10H2,1-2H3/t11-/m0/s1. The summed E-state index contributed by atoms with van der Waals surface area (Å²) in [6.45, 7) is 5.02. The molecule has 0 fully saturated rings. The van der Waals surface area contributed by atoms with Crippen LogP contribution in [0.2, 0.25) is 0 Å². The normalized spacial score (nSPS) is 12.8. The minimum atomic E-state index is 0.375. The van der Waals surface area contributed by atoms with Crippen molar-refractivity contribution < 1.29 is 5.11 Å². The molecule has 0 aromatic heterocycles. The lowest BCUT2D eigenvalue weighted by atomic mass is 10.0. The molecule has 0 aliphatic rings. The van der Waals surface area contributed by atoms with Gasteiger partial charge in [0.1, 0.15) is 5.75 Å². The van der Waals surface area contributed by atoms with Crippen molar-refractivity contribution in [3.63, 3.8) is 0 Å². The molecule has 0 bridgehead atoms. The molecule has 2 nitrogen and oxygen atoms in total. The number of benzene rings is 2. The van der Waals surface area contributed by atoms with E-state index < -0.39 is 0 Å². The minimum Gasteiger partial charge on any atom is -0.508 e. The summed E-state index contributed by atoms with van der Waals surface area (Å²) < 4.78 is 0. The zero-order chi connectivity index (χ0) is 12.3. The van der Waals surface area contributed by atoms with Crippen LogP contribution in [-0.2, 0) is 6.54 Å². The van der Waals surface area contributed by atoms with Crippen LogP contribution in [0.4, 0.5) is 0 Å². The second-order valence-electron chi connectivity index (χ2n) is 4.47. The van der Waals surface area contributed by atoms with E-state index in [4.69, 9.17) is 0 Å². The van der Waals surface area contributed by atoms with Crippen LogP contribution in [0.1, 0.15) is 25.8 Å². The fraction of sp³-hybridized carbons (Fsp3) is 0.333. The Bertz CT molecular complexity index is 507. The lowest BCUT2D eigenvalue weighted by Crippen LogP contribution is -2.24. The quantitative estimate of drug-likeness (QED) is 0.841. The first kappa shape index (κ1) is 11.9. The number of hydrogen-bond acceptors (Lipinski definition) is 2. The highest BCUT2D eigenvalue weighted by molar-refractivity contribution is 5.87. The van der Waals surface area contributed by atoms with Gasteiger partial charge >= 0.3 is 0 Å².